The molecule has 0 aliphatic heterocycles. The van der Waals surface area contributed by atoms with Crippen LogP contribution in [-0.2, 0) is 0 Å². The molecule has 0 saturated heterocycles. The maximum atomic E-state index is 13.6. The van der Waals surface area contributed by atoms with E-state index in [2.05, 4.69) is 6.92 Å². The Morgan fingerprint density at radius 1 is 1.06 bits per heavy atom. The van der Waals surface area contributed by atoms with Gasteiger partial charge < -0.3 is 0 Å². The lowest BCUT2D eigenvalue weighted by molar-refractivity contribution is 0.0981. The molecular weight excluding hydrogens is 227 g/mol. The average Bonchev–Trinajstić information content (AvgIpc) is 2.39. The smallest absolute Gasteiger partial charge is 0.163 e. The third-order valence-electron chi connectivity index (χ3n) is 3.18. The first-order chi connectivity index (χ1) is 8.74. The second kappa shape index (κ2) is 5.76. The van der Waals surface area contributed by atoms with E-state index >= 15 is 0 Å². The summed E-state index contributed by atoms with van der Waals surface area (Å²) in [6.45, 7) is 2.11. The number of hydrogen-bond acceptors (Lipinski definition) is 1. The zero-order valence-electron chi connectivity index (χ0n) is 10.6. The lowest BCUT2D eigenvalue weighted by Crippen LogP contribution is -2.00. The Morgan fingerprint density at radius 3 is 2.50 bits per heavy atom. The number of benzene rings is 2. The fourth-order valence-electron chi connectivity index (χ4n) is 2.18. The van der Waals surface area contributed by atoms with Gasteiger partial charge in [0.1, 0.15) is 5.82 Å². The normalized spacial score (nSPS) is 10.8. The lowest BCUT2D eigenvalue weighted by atomic mass is 9.98. The number of unbranched alkanes of at least 4 members (excludes halogenated alkanes) is 2. The number of carbonyl (C=O) groups excluding carboxylic acids is 1. The van der Waals surface area contributed by atoms with E-state index in [0.717, 1.165) is 24.6 Å². The molecule has 2 aromatic rings. The van der Waals surface area contributed by atoms with Crippen molar-refractivity contribution in [3.63, 3.8) is 0 Å². The quantitative estimate of drug-likeness (QED) is 0.548. The number of carbonyl (C=O) groups is 1. The third kappa shape index (κ3) is 2.58. The molecule has 0 aliphatic carbocycles. The van der Waals surface area contributed by atoms with Gasteiger partial charge in [0.15, 0.2) is 5.78 Å². The van der Waals surface area contributed by atoms with Gasteiger partial charge in [-0.3, -0.25) is 4.79 Å². The molecule has 0 heterocycles. The molecule has 0 fully saturated rings. The number of Topliss-reactive ketones (excluding diaryl/α,β-unsaturated/α-hetero) is 1. The van der Waals surface area contributed by atoms with E-state index in [9.17, 15) is 9.18 Å². The summed E-state index contributed by atoms with van der Waals surface area (Å²) in [6, 6.07) is 10.1. The Bertz CT molecular complexity index is 560. The van der Waals surface area contributed by atoms with E-state index in [4.69, 9.17) is 0 Å². The fourth-order valence-corrected chi connectivity index (χ4v) is 2.18. The van der Waals surface area contributed by atoms with Gasteiger partial charge in [-0.25, -0.2) is 4.39 Å². The van der Waals surface area contributed by atoms with Crippen LogP contribution in [0, 0.1) is 5.82 Å². The van der Waals surface area contributed by atoms with Gasteiger partial charge in [-0.15, -0.1) is 0 Å². The average molecular weight is 244 g/mol. The van der Waals surface area contributed by atoms with Gasteiger partial charge >= 0.3 is 0 Å². The topological polar surface area (TPSA) is 17.1 Å². The number of ketones is 1. The standard InChI is InChI=1S/C16H17FO/c1-2-3-4-9-16(18)14-10-11-15(17)13-8-6-5-7-12(13)14/h5-8,10-11H,2-4,9H2,1H3. The SMILES string of the molecule is CCCCCC(=O)c1ccc(F)c2ccccc12. The van der Waals surface area contributed by atoms with Crippen LogP contribution < -0.4 is 0 Å². The van der Waals surface area contributed by atoms with Crippen LogP contribution in [0.5, 0.6) is 0 Å². The Morgan fingerprint density at radius 2 is 1.78 bits per heavy atom. The molecule has 2 rings (SSSR count). The highest BCUT2D eigenvalue weighted by atomic mass is 19.1. The number of fused-ring (bicyclic) bond motifs is 1. The van der Waals surface area contributed by atoms with Crippen LogP contribution in [0.15, 0.2) is 36.4 Å². The molecule has 0 amide bonds. The molecule has 2 heteroatoms. The highest BCUT2D eigenvalue weighted by Gasteiger charge is 2.11. The van der Waals surface area contributed by atoms with Crippen LogP contribution in [0.3, 0.4) is 0 Å². The van der Waals surface area contributed by atoms with E-state index in [-0.39, 0.29) is 11.6 Å². The molecule has 1 nitrogen and oxygen atoms in total. The maximum absolute atomic E-state index is 13.6. The van der Waals surface area contributed by atoms with Crippen molar-refractivity contribution in [3.05, 3.63) is 47.8 Å². The molecule has 0 bridgehead atoms. The number of halogens is 1. The van der Waals surface area contributed by atoms with Crippen LogP contribution >= 0.6 is 0 Å². The molecule has 0 aromatic heterocycles. The highest BCUT2D eigenvalue weighted by Crippen LogP contribution is 2.23. The summed E-state index contributed by atoms with van der Waals surface area (Å²) < 4.78 is 13.6. The minimum absolute atomic E-state index is 0.111. The molecule has 94 valence electrons. The van der Waals surface area contributed by atoms with Gasteiger partial charge in [-0.2, -0.15) is 0 Å². The molecule has 2 aromatic carbocycles. The summed E-state index contributed by atoms with van der Waals surface area (Å²) in [5.41, 5.74) is 0.642. The van der Waals surface area contributed by atoms with Crippen molar-refractivity contribution in [1.29, 1.82) is 0 Å². The molecule has 0 saturated carbocycles. The van der Waals surface area contributed by atoms with Gasteiger partial charge in [0.2, 0.25) is 0 Å². The summed E-state index contributed by atoms with van der Waals surface area (Å²) >= 11 is 0. The van der Waals surface area contributed by atoms with Gasteiger partial charge in [0.25, 0.3) is 0 Å². The largest absolute Gasteiger partial charge is 0.294 e. The van der Waals surface area contributed by atoms with E-state index in [1.54, 1.807) is 18.2 Å². The van der Waals surface area contributed by atoms with Gasteiger partial charge in [-0.1, -0.05) is 44.0 Å². The minimum atomic E-state index is -0.268. The fraction of sp³-hybridized carbons (Fsp3) is 0.312. The first-order valence-corrected chi connectivity index (χ1v) is 6.44. The van der Waals surface area contributed by atoms with E-state index < -0.39 is 0 Å². The molecule has 0 atom stereocenters. The van der Waals surface area contributed by atoms with Crippen molar-refractivity contribution in [2.75, 3.05) is 0 Å². The molecule has 0 radical (unpaired) electrons. The summed E-state index contributed by atoms with van der Waals surface area (Å²) in [7, 11) is 0. The lowest BCUT2D eigenvalue weighted by Gasteiger charge is -2.06. The van der Waals surface area contributed by atoms with Crippen molar-refractivity contribution >= 4 is 16.6 Å². The summed E-state index contributed by atoms with van der Waals surface area (Å²) in [4.78, 5) is 12.1. The monoisotopic (exact) mass is 244 g/mol. The van der Waals surface area contributed by atoms with Crippen LogP contribution in [0.2, 0.25) is 0 Å². The highest BCUT2D eigenvalue weighted by molar-refractivity contribution is 6.08. The molecule has 0 spiro atoms. The molecule has 0 unspecified atom stereocenters. The summed E-state index contributed by atoms with van der Waals surface area (Å²) in [5.74, 6) is -0.157. The molecule has 0 aliphatic rings. The Kier molecular flexibility index (Phi) is 4.08. The van der Waals surface area contributed by atoms with Crippen molar-refractivity contribution in [3.8, 4) is 0 Å². The zero-order valence-corrected chi connectivity index (χ0v) is 10.6. The van der Waals surface area contributed by atoms with Gasteiger partial charge in [0.05, 0.1) is 0 Å². The van der Waals surface area contributed by atoms with Crippen LogP contribution in [-0.4, -0.2) is 5.78 Å². The van der Waals surface area contributed by atoms with Gasteiger partial charge in [0, 0.05) is 17.4 Å². The molecule has 0 N–H and O–H groups in total. The van der Waals surface area contributed by atoms with Crippen LogP contribution in [0.4, 0.5) is 4.39 Å². The Hall–Kier alpha value is -1.70. The first-order valence-electron chi connectivity index (χ1n) is 6.44. The van der Waals surface area contributed by atoms with E-state index in [0.29, 0.717) is 17.4 Å². The van der Waals surface area contributed by atoms with Crippen molar-refractivity contribution in [2.24, 2.45) is 0 Å². The number of rotatable bonds is 5. The second-order valence-corrected chi connectivity index (χ2v) is 4.52. The van der Waals surface area contributed by atoms with E-state index in [1.807, 2.05) is 12.1 Å². The minimum Gasteiger partial charge on any atom is -0.294 e. The molecular formula is C16H17FO. The predicted octanol–water partition coefficient (Wildman–Crippen LogP) is 4.74. The summed E-state index contributed by atoms with van der Waals surface area (Å²) in [5, 5.41) is 1.25. The van der Waals surface area contributed by atoms with Crippen molar-refractivity contribution < 1.29 is 9.18 Å². The first kappa shape index (κ1) is 12.7. The van der Waals surface area contributed by atoms with Crippen LogP contribution in [0.25, 0.3) is 10.8 Å². The second-order valence-electron chi connectivity index (χ2n) is 4.52. The summed E-state index contributed by atoms with van der Waals surface area (Å²) in [6.07, 6.45) is 3.60. The Labute approximate surface area is 107 Å². The van der Waals surface area contributed by atoms with Gasteiger partial charge in [-0.05, 0) is 23.9 Å². The molecule has 18 heavy (non-hydrogen) atoms. The maximum Gasteiger partial charge on any atom is 0.163 e. The number of hydrogen-bond donors (Lipinski definition) is 0. The third-order valence-corrected chi connectivity index (χ3v) is 3.18. The van der Waals surface area contributed by atoms with Crippen molar-refractivity contribution in [2.45, 2.75) is 32.6 Å². The van der Waals surface area contributed by atoms with Crippen LogP contribution in [0.1, 0.15) is 43.0 Å². The van der Waals surface area contributed by atoms with E-state index in [1.165, 1.54) is 6.07 Å². The Balaban J connectivity index is 2.33. The zero-order chi connectivity index (χ0) is 13.0. The van der Waals surface area contributed by atoms with Crippen molar-refractivity contribution in [1.82, 2.24) is 0 Å². The predicted molar refractivity (Wildman–Crippen MR) is 72.4 cm³/mol.